The molecule has 4 nitrogen and oxygen atoms in total. The van der Waals surface area contributed by atoms with Crippen LogP contribution in [0, 0.1) is 0 Å². The Morgan fingerprint density at radius 2 is 2.00 bits per heavy atom. The lowest BCUT2D eigenvalue weighted by Crippen LogP contribution is -2.21. The zero-order valence-electron chi connectivity index (χ0n) is 12.7. The van der Waals surface area contributed by atoms with Crippen molar-refractivity contribution < 1.29 is 9.84 Å². The number of rotatable bonds is 6. The van der Waals surface area contributed by atoms with Gasteiger partial charge in [-0.05, 0) is 56.1 Å². The van der Waals surface area contributed by atoms with Crippen molar-refractivity contribution in [3.05, 3.63) is 30.0 Å². The number of aliphatic hydroxyl groups excluding tert-OH is 1. The van der Waals surface area contributed by atoms with E-state index in [2.05, 4.69) is 27.8 Å². The van der Waals surface area contributed by atoms with Gasteiger partial charge in [0.15, 0.2) is 0 Å². The van der Waals surface area contributed by atoms with Gasteiger partial charge in [0, 0.05) is 30.2 Å². The Kier molecular flexibility index (Phi) is 4.46. The third-order valence-corrected chi connectivity index (χ3v) is 4.41. The first-order valence-electron chi connectivity index (χ1n) is 7.81. The predicted molar refractivity (Wildman–Crippen MR) is 85.0 cm³/mol. The van der Waals surface area contributed by atoms with Crippen molar-refractivity contribution in [2.24, 2.45) is 0 Å². The summed E-state index contributed by atoms with van der Waals surface area (Å²) < 4.78 is 7.50. The Labute approximate surface area is 125 Å². The molecule has 1 aromatic heterocycles. The van der Waals surface area contributed by atoms with E-state index in [-0.39, 0.29) is 6.61 Å². The Morgan fingerprint density at radius 1 is 1.19 bits per heavy atom. The molecule has 21 heavy (non-hydrogen) atoms. The number of ether oxygens (including phenoxy) is 1. The zero-order chi connectivity index (χ0) is 14.7. The van der Waals surface area contributed by atoms with E-state index in [0.29, 0.717) is 6.54 Å². The Hall–Kier alpha value is -1.52. The maximum absolute atomic E-state index is 9.24. The molecule has 0 saturated carbocycles. The fourth-order valence-electron chi connectivity index (χ4n) is 3.25. The minimum atomic E-state index is 0.168. The molecule has 3 rings (SSSR count). The summed E-state index contributed by atoms with van der Waals surface area (Å²) in [5, 5.41) is 10.5. The number of hydrogen-bond donors (Lipinski definition) is 1. The Bertz CT molecular complexity index is 600. The van der Waals surface area contributed by atoms with Crippen molar-refractivity contribution in [1.82, 2.24) is 9.47 Å². The third-order valence-electron chi connectivity index (χ3n) is 4.41. The van der Waals surface area contributed by atoms with Crippen LogP contribution in [0.5, 0.6) is 5.75 Å². The van der Waals surface area contributed by atoms with Gasteiger partial charge in [-0.25, -0.2) is 0 Å². The van der Waals surface area contributed by atoms with Crippen LogP contribution in [0.25, 0.3) is 10.9 Å². The molecule has 1 saturated heterocycles. The molecule has 1 aliphatic heterocycles. The van der Waals surface area contributed by atoms with E-state index in [1.165, 1.54) is 42.4 Å². The minimum absolute atomic E-state index is 0.168. The molecular weight excluding hydrogens is 264 g/mol. The van der Waals surface area contributed by atoms with Gasteiger partial charge in [0.25, 0.3) is 0 Å². The fraction of sp³-hybridized carbons (Fsp3) is 0.529. The highest BCUT2D eigenvalue weighted by Gasteiger charge is 2.14. The minimum Gasteiger partial charge on any atom is -0.497 e. The highest BCUT2D eigenvalue weighted by Crippen LogP contribution is 2.27. The van der Waals surface area contributed by atoms with Crippen molar-refractivity contribution in [2.75, 3.05) is 33.4 Å². The summed E-state index contributed by atoms with van der Waals surface area (Å²) in [6.45, 7) is 4.40. The molecule has 0 atom stereocenters. The number of likely N-dealkylation sites (tertiary alicyclic amines) is 1. The summed E-state index contributed by atoms with van der Waals surface area (Å²) in [6.07, 6.45) is 5.92. The molecule has 0 unspecified atom stereocenters. The van der Waals surface area contributed by atoms with Crippen molar-refractivity contribution in [2.45, 2.75) is 25.8 Å². The molecular formula is C17H24N2O2. The van der Waals surface area contributed by atoms with Crippen molar-refractivity contribution in [1.29, 1.82) is 0 Å². The summed E-state index contributed by atoms with van der Waals surface area (Å²) in [5.74, 6) is 0.895. The van der Waals surface area contributed by atoms with E-state index in [9.17, 15) is 5.11 Å². The summed E-state index contributed by atoms with van der Waals surface area (Å²) >= 11 is 0. The van der Waals surface area contributed by atoms with Gasteiger partial charge >= 0.3 is 0 Å². The lowest BCUT2D eigenvalue weighted by Gasteiger charge is -2.13. The molecule has 0 spiro atoms. The standard InChI is InChI=1S/C17H24N2O2/c1-21-15-4-5-17-16(12-15)14(13-19(17)10-11-20)6-9-18-7-2-3-8-18/h4-5,12-13,20H,2-3,6-11H2,1H3. The van der Waals surface area contributed by atoms with E-state index >= 15 is 0 Å². The number of fused-ring (bicyclic) bond motifs is 1. The molecule has 1 fully saturated rings. The second-order valence-corrected chi connectivity index (χ2v) is 5.75. The molecule has 1 aromatic carbocycles. The fourth-order valence-corrected chi connectivity index (χ4v) is 3.25. The number of nitrogens with zero attached hydrogens (tertiary/aromatic N) is 2. The van der Waals surface area contributed by atoms with Gasteiger partial charge in [0.1, 0.15) is 5.75 Å². The van der Waals surface area contributed by atoms with Crippen LogP contribution in [-0.4, -0.2) is 47.9 Å². The van der Waals surface area contributed by atoms with Crippen molar-refractivity contribution in [3.8, 4) is 5.75 Å². The van der Waals surface area contributed by atoms with Crippen LogP contribution in [0.3, 0.4) is 0 Å². The van der Waals surface area contributed by atoms with E-state index in [4.69, 9.17) is 4.74 Å². The van der Waals surface area contributed by atoms with Crippen LogP contribution in [0.2, 0.25) is 0 Å². The normalized spacial score (nSPS) is 15.9. The third kappa shape index (κ3) is 3.06. The molecule has 1 aliphatic rings. The average Bonchev–Trinajstić information content (AvgIpc) is 3.13. The first-order valence-corrected chi connectivity index (χ1v) is 7.81. The first-order chi connectivity index (χ1) is 10.3. The highest BCUT2D eigenvalue weighted by atomic mass is 16.5. The largest absolute Gasteiger partial charge is 0.497 e. The van der Waals surface area contributed by atoms with Crippen LogP contribution in [0.15, 0.2) is 24.4 Å². The lowest BCUT2D eigenvalue weighted by molar-refractivity contribution is 0.278. The second-order valence-electron chi connectivity index (χ2n) is 5.75. The highest BCUT2D eigenvalue weighted by molar-refractivity contribution is 5.85. The summed E-state index contributed by atoms with van der Waals surface area (Å²) in [4.78, 5) is 2.54. The van der Waals surface area contributed by atoms with Crippen LogP contribution >= 0.6 is 0 Å². The molecule has 0 amide bonds. The number of aromatic nitrogens is 1. The van der Waals surface area contributed by atoms with Gasteiger partial charge in [-0.2, -0.15) is 0 Å². The van der Waals surface area contributed by atoms with Crippen molar-refractivity contribution in [3.63, 3.8) is 0 Å². The van der Waals surface area contributed by atoms with E-state index < -0.39 is 0 Å². The Morgan fingerprint density at radius 3 is 2.71 bits per heavy atom. The molecule has 2 aromatic rings. The van der Waals surface area contributed by atoms with Gasteiger partial charge in [-0.1, -0.05) is 0 Å². The summed E-state index contributed by atoms with van der Waals surface area (Å²) in [7, 11) is 1.70. The quantitative estimate of drug-likeness (QED) is 0.886. The SMILES string of the molecule is COc1ccc2c(c1)c(CCN1CCCC1)cn2CCO. The molecule has 0 bridgehead atoms. The topological polar surface area (TPSA) is 37.6 Å². The Balaban J connectivity index is 1.87. The summed E-state index contributed by atoms with van der Waals surface area (Å²) in [6, 6.07) is 6.19. The van der Waals surface area contributed by atoms with Gasteiger partial charge in [-0.15, -0.1) is 0 Å². The maximum Gasteiger partial charge on any atom is 0.119 e. The van der Waals surface area contributed by atoms with Gasteiger partial charge in [0.2, 0.25) is 0 Å². The van der Waals surface area contributed by atoms with Gasteiger partial charge in [0.05, 0.1) is 13.7 Å². The average molecular weight is 288 g/mol. The van der Waals surface area contributed by atoms with Crippen LogP contribution in [-0.2, 0) is 13.0 Å². The molecule has 114 valence electrons. The summed E-state index contributed by atoms with van der Waals surface area (Å²) in [5.41, 5.74) is 2.53. The van der Waals surface area contributed by atoms with Crippen LogP contribution in [0.1, 0.15) is 18.4 Å². The monoisotopic (exact) mass is 288 g/mol. The van der Waals surface area contributed by atoms with E-state index in [1.54, 1.807) is 7.11 Å². The zero-order valence-corrected chi connectivity index (χ0v) is 12.7. The molecule has 1 N–H and O–H groups in total. The van der Waals surface area contributed by atoms with Crippen LogP contribution in [0.4, 0.5) is 0 Å². The second kappa shape index (κ2) is 6.50. The number of hydrogen-bond acceptors (Lipinski definition) is 3. The molecule has 0 aliphatic carbocycles. The predicted octanol–water partition coefficient (Wildman–Crippen LogP) is 2.28. The number of aliphatic hydroxyl groups is 1. The van der Waals surface area contributed by atoms with Crippen molar-refractivity contribution >= 4 is 10.9 Å². The van der Waals surface area contributed by atoms with E-state index in [0.717, 1.165) is 18.7 Å². The first kappa shape index (κ1) is 14.4. The van der Waals surface area contributed by atoms with Gasteiger partial charge in [-0.3, -0.25) is 0 Å². The lowest BCUT2D eigenvalue weighted by atomic mass is 10.1. The van der Waals surface area contributed by atoms with E-state index in [1.807, 2.05) is 6.07 Å². The number of benzene rings is 1. The molecule has 0 radical (unpaired) electrons. The maximum atomic E-state index is 9.24. The van der Waals surface area contributed by atoms with Crippen LogP contribution < -0.4 is 4.74 Å². The molecule has 2 heterocycles. The molecule has 4 heteroatoms. The smallest absolute Gasteiger partial charge is 0.119 e. The van der Waals surface area contributed by atoms with Gasteiger partial charge < -0.3 is 19.3 Å². The number of methoxy groups -OCH3 is 1.